The number of cyclic esters (lactones) is 1. The molecular formula is C23H27NO4. The van der Waals surface area contributed by atoms with Crippen LogP contribution in [0, 0.1) is 0 Å². The van der Waals surface area contributed by atoms with Crippen LogP contribution in [0.3, 0.4) is 0 Å². The molecule has 0 aliphatic carbocycles. The van der Waals surface area contributed by atoms with Gasteiger partial charge in [-0.15, -0.1) is 0 Å². The first-order chi connectivity index (χ1) is 13.4. The van der Waals surface area contributed by atoms with Crippen LogP contribution < -0.4 is 4.90 Å². The van der Waals surface area contributed by atoms with Crippen LogP contribution in [0.2, 0.25) is 0 Å². The number of carbonyl (C=O) groups excluding carboxylic acids is 2. The van der Waals surface area contributed by atoms with E-state index < -0.39 is 17.6 Å². The molecule has 1 aliphatic heterocycles. The van der Waals surface area contributed by atoms with Crippen molar-refractivity contribution < 1.29 is 19.4 Å². The number of para-hydroxylation sites is 1. The first-order valence-corrected chi connectivity index (χ1v) is 9.77. The monoisotopic (exact) mass is 381 g/mol. The molecule has 0 aromatic heterocycles. The minimum atomic E-state index is -0.892. The highest BCUT2D eigenvalue weighted by Crippen LogP contribution is 2.32. The fourth-order valence-corrected chi connectivity index (χ4v) is 3.76. The maximum absolute atomic E-state index is 13.0. The van der Waals surface area contributed by atoms with Gasteiger partial charge in [0.05, 0.1) is 0 Å². The molecule has 0 saturated carbocycles. The Kier molecular flexibility index (Phi) is 6.02. The molecule has 1 aliphatic rings. The van der Waals surface area contributed by atoms with Gasteiger partial charge in [-0.1, -0.05) is 37.3 Å². The summed E-state index contributed by atoms with van der Waals surface area (Å²) in [5.74, 6) is -0.378. The predicted molar refractivity (Wildman–Crippen MR) is 108 cm³/mol. The van der Waals surface area contributed by atoms with Crippen LogP contribution in [0.4, 0.5) is 5.69 Å². The average molecular weight is 381 g/mol. The summed E-state index contributed by atoms with van der Waals surface area (Å²) in [7, 11) is 0. The van der Waals surface area contributed by atoms with Crippen molar-refractivity contribution in [2.24, 2.45) is 0 Å². The number of phenolic OH excluding ortho intramolecular Hbond substituents is 1. The Morgan fingerprint density at radius 2 is 1.89 bits per heavy atom. The smallest absolute Gasteiger partial charge is 0.337 e. The van der Waals surface area contributed by atoms with E-state index >= 15 is 0 Å². The highest BCUT2D eigenvalue weighted by molar-refractivity contribution is 6.08. The van der Waals surface area contributed by atoms with Crippen LogP contribution in [0.25, 0.3) is 0 Å². The lowest BCUT2D eigenvalue weighted by molar-refractivity contribution is -0.171. The van der Waals surface area contributed by atoms with E-state index in [0.29, 0.717) is 19.4 Å². The van der Waals surface area contributed by atoms with Crippen molar-refractivity contribution in [1.29, 1.82) is 0 Å². The standard InChI is InChI=1S/C23H27NO4/c1-3-14-24(18-9-5-4-6-10-18)21-20(26)16-23(2,28-22(21)27)13-12-17-8-7-11-19(25)15-17/h4-11,15,21,25H,3,12-14,16H2,1-2H3. The molecule has 5 nitrogen and oxygen atoms in total. The minimum Gasteiger partial charge on any atom is -0.508 e. The SMILES string of the molecule is CCCN(c1ccccc1)C1C(=O)CC(C)(CCc2cccc(O)c2)OC1=O. The normalized spacial score (nSPS) is 22.0. The number of aryl methyl sites for hydroxylation is 1. The quantitative estimate of drug-likeness (QED) is 0.582. The Labute approximate surface area is 165 Å². The zero-order chi connectivity index (χ0) is 20.1. The molecule has 0 spiro atoms. The Morgan fingerprint density at radius 3 is 2.54 bits per heavy atom. The number of ether oxygens (including phenoxy) is 1. The molecular weight excluding hydrogens is 354 g/mol. The van der Waals surface area contributed by atoms with Gasteiger partial charge in [-0.3, -0.25) is 4.79 Å². The van der Waals surface area contributed by atoms with Crippen molar-refractivity contribution in [2.75, 3.05) is 11.4 Å². The number of rotatable bonds is 7. The van der Waals surface area contributed by atoms with E-state index in [1.54, 1.807) is 18.2 Å². The van der Waals surface area contributed by atoms with Gasteiger partial charge in [0.15, 0.2) is 11.8 Å². The van der Waals surface area contributed by atoms with Crippen LogP contribution in [-0.4, -0.2) is 35.0 Å². The molecule has 3 rings (SSSR count). The minimum absolute atomic E-state index is 0.105. The van der Waals surface area contributed by atoms with Gasteiger partial charge >= 0.3 is 5.97 Å². The Balaban J connectivity index is 1.73. The summed E-state index contributed by atoms with van der Waals surface area (Å²) in [5, 5.41) is 9.61. The van der Waals surface area contributed by atoms with Crippen LogP contribution in [0.1, 0.15) is 38.7 Å². The number of hydrogen-bond acceptors (Lipinski definition) is 5. The number of Topliss-reactive ketones (excluding diaryl/α,β-unsaturated/α-hetero) is 1. The zero-order valence-electron chi connectivity index (χ0n) is 16.4. The van der Waals surface area contributed by atoms with Crippen molar-refractivity contribution in [3.05, 3.63) is 60.2 Å². The number of benzene rings is 2. The van der Waals surface area contributed by atoms with E-state index in [2.05, 4.69) is 0 Å². The number of phenols is 1. The summed E-state index contributed by atoms with van der Waals surface area (Å²) in [6.45, 7) is 4.44. The molecule has 1 N–H and O–H groups in total. The second-order valence-corrected chi connectivity index (χ2v) is 7.62. The topological polar surface area (TPSA) is 66.8 Å². The van der Waals surface area contributed by atoms with Crippen LogP contribution in [0.15, 0.2) is 54.6 Å². The van der Waals surface area contributed by atoms with Crippen molar-refractivity contribution in [2.45, 2.75) is 51.2 Å². The lowest BCUT2D eigenvalue weighted by Gasteiger charge is -2.40. The number of aromatic hydroxyl groups is 1. The van der Waals surface area contributed by atoms with Gasteiger partial charge in [-0.05, 0) is 56.0 Å². The van der Waals surface area contributed by atoms with E-state index in [0.717, 1.165) is 17.7 Å². The molecule has 28 heavy (non-hydrogen) atoms. The second-order valence-electron chi connectivity index (χ2n) is 7.62. The number of hydrogen-bond donors (Lipinski definition) is 1. The molecule has 2 aromatic rings. The van der Waals surface area contributed by atoms with Gasteiger partial charge in [-0.25, -0.2) is 4.79 Å². The predicted octanol–water partition coefficient (Wildman–Crippen LogP) is 3.88. The Hall–Kier alpha value is -2.82. The van der Waals surface area contributed by atoms with E-state index in [9.17, 15) is 14.7 Å². The van der Waals surface area contributed by atoms with Crippen molar-refractivity contribution in [1.82, 2.24) is 0 Å². The third-order valence-electron chi connectivity index (χ3n) is 5.14. The van der Waals surface area contributed by atoms with Gasteiger partial charge in [0.1, 0.15) is 11.4 Å². The fraction of sp³-hybridized carbons (Fsp3) is 0.391. The summed E-state index contributed by atoms with van der Waals surface area (Å²) in [5.41, 5.74) is 0.969. The van der Waals surface area contributed by atoms with Crippen LogP contribution in [-0.2, 0) is 20.7 Å². The molecule has 1 saturated heterocycles. The number of carbonyl (C=O) groups is 2. The average Bonchev–Trinajstić information content (AvgIpc) is 2.66. The van der Waals surface area contributed by atoms with E-state index in [1.807, 2.05) is 55.1 Å². The fourth-order valence-electron chi connectivity index (χ4n) is 3.76. The van der Waals surface area contributed by atoms with Gasteiger partial charge in [-0.2, -0.15) is 0 Å². The molecule has 0 amide bonds. The van der Waals surface area contributed by atoms with Crippen molar-refractivity contribution in [3.63, 3.8) is 0 Å². The Morgan fingerprint density at radius 1 is 1.14 bits per heavy atom. The number of anilines is 1. The number of nitrogens with zero attached hydrogens (tertiary/aromatic N) is 1. The highest BCUT2D eigenvalue weighted by atomic mass is 16.6. The van der Waals surface area contributed by atoms with Crippen molar-refractivity contribution >= 4 is 17.4 Å². The number of ketones is 1. The van der Waals surface area contributed by atoms with Gasteiger partial charge in [0.2, 0.25) is 0 Å². The molecule has 2 unspecified atom stereocenters. The van der Waals surface area contributed by atoms with Crippen molar-refractivity contribution in [3.8, 4) is 5.75 Å². The van der Waals surface area contributed by atoms with E-state index in [4.69, 9.17) is 4.74 Å². The van der Waals surface area contributed by atoms with Gasteiger partial charge in [0, 0.05) is 18.7 Å². The van der Waals surface area contributed by atoms with Gasteiger partial charge < -0.3 is 14.7 Å². The summed E-state index contributed by atoms with van der Waals surface area (Å²) in [6, 6.07) is 15.6. The first kappa shape index (κ1) is 19.9. The van der Waals surface area contributed by atoms with Crippen LogP contribution >= 0.6 is 0 Å². The first-order valence-electron chi connectivity index (χ1n) is 9.77. The van der Waals surface area contributed by atoms with E-state index in [1.165, 1.54) is 0 Å². The lowest BCUT2D eigenvalue weighted by atomic mass is 9.86. The molecule has 1 heterocycles. The molecule has 2 atom stereocenters. The molecule has 2 aromatic carbocycles. The summed E-state index contributed by atoms with van der Waals surface area (Å²) < 4.78 is 5.79. The molecule has 1 fully saturated rings. The van der Waals surface area contributed by atoms with Gasteiger partial charge in [0.25, 0.3) is 0 Å². The summed E-state index contributed by atoms with van der Waals surface area (Å²) in [4.78, 5) is 27.7. The zero-order valence-corrected chi connectivity index (χ0v) is 16.4. The third-order valence-corrected chi connectivity index (χ3v) is 5.14. The largest absolute Gasteiger partial charge is 0.508 e. The lowest BCUT2D eigenvalue weighted by Crippen LogP contribution is -2.56. The molecule has 0 bridgehead atoms. The Bertz CT molecular complexity index is 816. The maximum atomic E-state index is 13.0. The third kappa shape index (κ3) is 4.53. The molecule has 148 valence electrons. The molecule has 0 radical (unpaired) electrons. The highest BCUT2D eigenvalue weighted by Gasteiger charge is 2.46. The second kappa shape index (κ2) is 8.46. The summed E-state index contributed by atoms with van der Waals surface area (Å²) in [6.07, 6.45) is 2.16. The van der Waals surface area contributed by atoms with E-state index in [-0.39, 0.29) is 18.0 Å². The van der Waals surface area contributed by atoms with Crippen LogP contribution in [0.5, 0.6) is 5.75 Å². The summed E-state index contributed by atoms with van der Waals surface area (Å²) >= 11 is 0. The molecule has 5 heteroatoms. The maximum Gasteiger partial charge on any atom is 0.337 e. The number of esters is 1.